The van der Waals surface area contributed by atoms with E-state index in [2.05, 4.69) is 14.7 Å². The number of anilines is 1. The van der Waals surface area contributed by atoms with E-state index in [1.165, 1.54) is 13.3 Å². The largest absolute Gasteiger partial charge is 0.465 e. The van der Waals surface area contributed by atoms with Crippen LogP contribution in [0.1, 0.15) is 10.4 Å². The van der Waals surface area contributed by atoms with Crippen LogP contribution in [-0.2, 0) is 4.74 Å². The van der Waals surface area contributed by atoms with Crippen molar-refractivity contribution in [3.8, 4) is 11.3 Å². The molecule has 0 radical (unpaired) electrons. The molecule has 2 rings (SSSR count). The second-order valence-corrected chi connectivity index (χ2v) is 3.40. The van der Waals surface area contributed by atoms with Gasteiger partial charge in [-0.25, -0.2) is 9.78 Å². The molecule has 86 valence electrons. The number of esters is 1. The van der Waals surface area contributed by atoms with Crippen LogP contribution in [0.4, 0.5) is 5.82 Å². The molecule has 0 bridgehead atoms. The molecule has 1 aromatic carbocycles. The number of nitrogen functional groups attached to an aromatic ring is 1. The van der Waals surface area contributed by atoms with E-state index in [0.717, 1.165) is 5.56 Å². The molecule has 0 saturated carbocycles. The van der Waals surface area contributed by atoms with Gasteiger partial charge in [-0.2, -0.15) is 0 Å². The van der Waals surface area contributed by atoms with Crippen LogP contribution in [0, 0.1) is 0 Å². The van der Waals surface area contributed by atoms with Crippen molar-refractivity contribution in [2.45, 2.75) is 0 Å². The van der Waals surface area contributed by atoms with Crippen LogP contribution in [0.25, 0.3) is 11.3 Å². The normalized spacial score (nSPS) is 9.94. The SMILES string of the molecule is COC(=O)c1ccc(-c2cncc(N)n2)cc1. The highest BCUT2D eigenvalue weighted by molar-refractivity contribution is 5.89. The van der Waals surface area contributed by atoms with E-state index in [1.807, 2.05) is 0 Å². The lowest BCUT2D eigenvalue weighted by atomic mass is 10.1. The summed E-state index contributed by atoms with van der Waals surface area (Å²) in [7, 11) is 1.35. The number of ether oxygens (including phenoxy) is 1. The molecule has 2 aromatic rings. The van der Waals surface area contributed by atoms with Crippen LogP contribution >= 0.6 is 0 Å². The first-order valence-electron chi connectivity index (χ1n) is 4.97. The highest BCUT2D eigenvalue weighted by Gasteiger charge is 2.06. The van der Waals surface area contributed by atoms with Gasteiger partial charge in [0.1, 0.15) is 5.82 Å². The first-order valence-corrected chi connectivity index (χ1v) is 4.97. The summed E-state index contributed by atoms with van der Waals surface area (Å²) in [6.45, 7) is 0. The summed E-state index contributed by atoms with van der Waals surface area (Å²) in [6, 6.07) is 6.89. The summed E-state index contributed by atoms with van der Waals surface area (Å²) >= 11 is 0. The Balaban J connectivity index is 2.32. The van der Waals surface area contributed by atoms with Gasteiger partial charge in [-0.3, -0.25) is 4.98 Å². The zero-order chi connectivity index (χ0) is 12.3. The third-order valence-electron chi connectivity index (χ3n) is 2.25. The average Bonchev–Trinajstić information content (AvgIpc) is 2.38. The summed E-state index contributed by atoms with van der Waals surface area (Å²) in [6.07, 6.45) is 3.09. The predicted molar refractivity (Wildman–Crippen MR) is 63.2 cm³/mol. The van der Waals surface area contributed by atoms with Crippen LogP contribution in [-0.4, -0.2) is 23.0 Å². The van der Waals surface area contributed by atoms with Crippen molar-refractivity contribution in [1.82, 2.24) is 9.97 Å². The minimum absolute atomic E-state index is 0.361. The Labute approximate surface area is 98.3 Å². The zero-order valence-electron chi connectivity index (χ0n) is 9.25. The molecule has 5 heteroatoms. The summed E-state index contributed by atoms with van der Waals surface area (Å²) in [5.41, 5.74) is 7.55. The van der Waals surface area contributed by atoms with Crippen LogP contribution in [0.3, 0.4) is 0 Å². The highest BCUT2D eigenvalue weighted by atomic mass is 16.5. The maximum Gasteiger partial charge on any atom is 0.337 e. The lowest BCUT2D eigenvalue weighted by Crippen LogP contribution is -2.00. The second-order valence-electron chi connectivity index (χ2n) is 3.40. The number of benzene rings is 1. The van der Waals surface area contributed by atoms with Gasteiger partial charge in [0.2, 0.25) is 0 Å². The Kier molecular flexibility index (Phi) is 3.00. The van der Waals surface area contributed by atoms with Crippen LogP contribution in [0.5, 0.6) is 0 Å². The fourth-order valence-corrected chi connectivity index (χ4v) is 1.42. The number of carbonyl (C=O) groups excluding carboxylic acids is 1. The van der Waals surface area contributed by atoms with E-state index in [1.54, 1.807) is 30.5 Å². The minimum atomic E-state index is -0.366. The summed E-state index contributed by atoms with van der Waals surface area (Å²) in [4.78, 5) is 19.3. The van der Waals surface area contributed by atoms with Crippen LogP contribution < -0.4 is 5.73 Å². The molecule has 0 atom stereocenters. The monoisotopic (exact) mass is 229 g/mol. The lowest BCUT2D eigenvalue weighted by molar-refractivity contribution is 0.0601. The van der Waals surface area contributed by atoms with Crippen molar-refractivity contribution >= 4 is 11.8 Å². The van der Waals surface area contributed by atoms with Crippen molar-refractivity contribution in [2.75, 3.05) is 12.8 Å². The molecular formula is C12H11N3O2. The summed E-state index contributed by atoms with van der Waals surface area (Å²) in [5.74, 6) is -0.00486. The minimum Gasteiger partial charge on any atom is -0.465 e. The van der Waals surface area contributed by atoms with Crippen molar-refractivity contribution in [3.05, 3.63) is 42.2 Å². The highest BCUT2D eigenvalue weighted by Crippen LogP contribution is 2.17. The Morgan fingerprint density at radius 1 is 1.24 bits per heavy atom. The number of hydrogen-bond acceptors (Lipinski definition) is 5. The molecule has 0 saturated heterocycles. The van der Waals surface area contributed by atoms with Gasteiger partial charge in [0.15, 0.2) is 0 Å². The van der Waals surface area contributed by atoms with Crippen LogP contribution in [0.2, 0.25) is 0 Å². The molecule has 0 aliphatic rings. The molecule has 0 unspecified atom stereocenters. The van der Waals surface area contributed by atoms with Gasteiger partial charge in [-0.15, -0.1) is 0 Å². The van der Waals surface area contributed by atoms with Crippen molar-refractivity contribution in [3.63, 3.8) is 0 Å². The van der Waals surface area contributed by atoms with Gasteiger partial charge in [0.25, 0.3) is 0 Å². The molecule has 1 aromatic heterocycles. The lowest BCUT2D eigenvalue weighted by Gasteiger charge is -2.02. The Bertz CT molecular complexity index is 538. The number of hydrogen-bond donors (Lipinski definition) is 1. The van der Waals surface area contributed by atoms with Gasteiger partial charge >= 0.3 is 5.97 Å². The van der Waals surface area contributed by atoms with Crippen molar-refractivity contribution < 1.29 is 9.53 Å². The number of nitrogens with zero attached hydrogens (tertiary/aromatic N) is 2. The number of carbonyl (C=O) groups is 1. The maximum atomic E-state index is 11.2. The van der Waals surface area contributed by atoms with Crippen LogP contribution in [0.15, 0.2) is 36.7 Å². The van der Waals surface area contributed by atoms with Gasteiger partial charge in [0, 0.05) is 5.56 Å². The topological polar surface area (TPSA) is 78.1 Å². The fourth-order valence-electron chi connectivity index (χ4n) is 1.42. The van der Waals surface area contributed by atoms with E-state index in [-0.39, 0.29) is 5.97 Å². The van der Waals surface area contributed by atoms with Gasteiger partial charge < -0.3 is 10.5 Å². The van der Waals surface area contributed by atoms with Gasteiger partial charge in [-0.05, 0) is 12.1 Å². The summed E-state index contributed by atoms with van der Waals surface area (Å²) in [5, 5.41) is 0. The molecule has 0 fully saturated rings. The van der Waals surface area contributed by atoms with Crippen molar-refractivity contribution in [2.24, 2.45) is 0 Å². The molecule has 17 heavy (non-hydrogen) atoms. The van der Waals surface area contributed by atoms with Gasteiger partial charge in [0.05, 0.1) is 30.8 Å². The third kappa shape index (κ3) is 2.39. The van der Waals surface area contributed by atoms with E-state index in [9.17, 15) is 4.79 Å². The van der Waals surface area contributed by atoms with Crippen molar-refractivity contribution in [1.29, 1.82) is 0 Å². The molecule has 1 heterocycles. The Morgan fingerprint density at radius 2 is 1.94 bits per heavy atom. The fraction of sp³-hybridized carbons (Fsp3) is 0.0833. The number of nitrogens with two attached hydrogens (primary N) is 1. The predicted octanol–water partition coefficient (Wildman–Crippen LogP) is 1.51. The molecule has 0 aliphatic heterocycles. The Morgan fingerprint density at radius 3 is 2.53 bits per heavy atom. The number of methoxy groups -OCH3 is 1. The molecule has 0 aliphatic carbocycles. The van der Waals surface area contributed by atoms with E-state index in [4.69, 9.17) is 5.73 Å². The molecule has 5 nitrogen and oxygen atoms in total. The van der Waals surface area contributed by atoms with E-state index in [0.29, 0.717) is 17.1 Å². The molecule has 0 amide bonds. The van der Waals surface area contributed by atoms with E-state index >= 15 is 0 Å². The summed E-state index contributed by atoms with van der Waals surface area (Å²) < 4.78 is 4.61. The molecule has 2 N–H and O–H groups in total. The van der Waals surface area contributed by atoms with Gasteiger partial charge in [-0.1, -0.05) is 12.1 Å². The maximum absolute atomic E-state index is 11.2. The third-order valence-corrected chi connectivity index (χ3v) is 2.25. The Hall–Kier alpha value is -2.43. The molecular weight excluding hydrogens is 218 g/mol. The number of aromatic nitrogens is 2. The van der Waals surface area contributed by atoms with E-state index < -0.39 is 0 Å². The molecule has 0 spiro atoms. The number of rotatable bonds is 2. The average molecular weight is 229 g/mol. The standard InChI is InChI=1S/C12H11N3O2/c1-17-12(16)9-4-2-8(3-5-9)10-6-14-7-11(13)15-10/h2-7H,1H3,(H2,13,15). The second kappa shape index (κ2) is 4.61. The first-order chi connectivity index (χ1) is 8.20. The quantitative estimate of drug-likeness (QED) is 0.790. The zero-order valence-corrected chi connectivity index (χ0v) is 9.25. The first kappa shape index (κ1) is 11.1. The smallest absolute Gasteiger partial charge is 0.337 e.